The third-order valence-corrected chi connectivity index (χ3v) is 9.87. The molecule has 6 rings (SSSR count). The van der Waals surface area contributed by atoms with Gasteiger partial charge in [0.2, 0.25) is 5.71 Å². The van der Waals surface area contributed by atoms with Crippen LogP contribution in [-0.2, 0) is 24.9 Å². The van der Waals surface area contributed by atoms with E-state index in [1.807, 2.05) is 72.7 Å². The van der Waals surface area contributed by atoms with Crippen LogP contribution in [0.4, 0.5) is 0 Å². The summed E-state index contributed by atoms with van der Waals surface area (Å²) in [5, 5.41) is 16.8. The van der Waals surface area contributed by atoms with Crippen molar-refractivity contribution in [2.24, 2.45) is 10.8 Å². The molecule has 241 valence electrons. The summed E-state index contributed by atoms with van der Waals surface area (Å²) in [5.74, 6) is 0.973. The summed E-state index contributed by atoms with van der Waals surface area (Å²) in [6.45, 7) is 14.0. The van der Waals surface area contributed by atoms with Gasteiger partial charge in [-0.05, 0) is 49.4 Å². The van der Waals surface area contributed by atoms with E-state index < -0.39 is 0 Å². The third kappa shape index (κ3) is 6.65. The van der Waals surface area contributed by atoms with Crippen molar-refractivity contribution < 1.29 is 34.4 Å². The molecule has 0 spiro atoms. The van der Waals surface area contributed by atoms with Crippen LogP contribution in [-0.4, -0.2) is 20.9 Å². The van der Waals surface area contributed by atoms with Crippen LogP contribution < -0.4 is 0 Å². The average molecular weight is 792 g/mol. The second-order valence-electron chi connectivity index (χ2n) is 12.5. The largest absolute Gasteiger partial charge is 0.512 e. The Hall–Kier alpha value is -3.86. The number of fused-ring (bicyclic) bond motifs is 6. The second-order valence-corrected chi connectivity index (χ2v) is 12.5. The first kappa shape index (κ1) is 35.0. The van der Waals surface area contributed by atoms with Crippen molar-refractivity contribution in [1.82, 2.24) is 9.97 Å². The van der Waals surface area contributed by atoms with Gasteiger partial charge in [-0.2, -0.15) is 4.98 Å². The van der Waals surface area contributed by atoms with Gasteiger partial charge in [0.25, 0.3) is 0 Å². The van der Waals surface area contributed by atoms with Crippen molar-refractivity contribution in [1.29, 1.82) is 0 Å². The van der Waals surface area contributed by atoms with Crippen LogP contribution in [0.3, 0.4) is 0 Å². The molecule has 0 bridgehead atoms. The van der Waals surface area contributed by atoms with Crippen molar-refractivity contribution in [2.45, 2.75) is 74.1 Å². The van der Waals surface area contributed by atoms with E-state index in [0.29, 0.717) is 11.5 Å². The molecule has 6 heteroatoms. The minimum Gasteiger partial charge on any atom is -0.512 e. The van der Waals surface area contributed by atoms with Gasteiger partial charge < -0.3 is 9.52 Å². The van der Waals surface area contributed by atoms with E-state index in [4.69, 9.17) is 9.40 Å². The van der Waals surface area contributed by atoms with E-state index in [0.717, 1.165) is 64.1 Å². The molecule has 0 aliphatic carbocycles. The number of aromatic nitrogens is 2. The number of ketones is 1. The number of benzene rings is 4. The van der Waals surface area contributed by atoms with Gasteiger partial charge in [-0.1, -0.05) is 102 Å². The Morgan fingerprint density at radius 1 is 0.826 bits per heavy atom. The van der Waals surface area contributed by atoms with Gasteiger partial charge >= 0.3 is 0 Å². The number of carbonyl (C=O) groups is 1. The molecule has 0 atom stereocenters. The molecule has 0 saturated heterocycles. The van der Waals surface area contributed by atoms with E-state index in [-0.39, 0.29) is 42.5 Å². The van der Waals surface area contributed by atoms with Crippen molar-refractivity contribution in [3.8, 4) is 11.3 Å². The zero-order valence-electron chi connectivity index (χ0n) is 27.8. The molecular formula is C40H43IrN2O3-. The number of hydrogen-bond donors (Lipinski definition) is 1. The smallest absolute Gasteiger partial charge is 0.221 e. The minimum atomic E-state index is -0.337. The second kappa shape index (κ2) is 14.3. The Kier molecular flexibility index (Phi) is 10.9. The molecule has 2 aromatic heterocycles. The van der Waals surface area contributed by atoms with Crippen LogP contribution in [0.1, 0.15) is 73.1 Å². The van der Waals surface area contributed by atoms with Crippen molar-refractivity contribution in [2.75, 3.05) is 0 Å². The normalized spacial score (nSPS) is 12.3. The summed E-state index contributed by atoms with van der Waals surface area (Å²) in [5.41, 5.74) is 2.66. The predicted octanol–water partition coefficient (Wildman–Crippen LogP) is 11.1. The Balaban J connectivity index is 0.000000234. The van der Waals surface area contributed by atoms with Gasteiger partial charge in [0, 0.05) is 53.5 Å². The standard InChI is InChI=1S/C25H15N2O.C15H28O2.Ir/c1-15-26-24(19-11-10-16-6-2-3-8-18(16)14-19)23-22-20-9-5-4-7-17(20)12-13-21(22)28-25(23)27-15;1-7-14(5,8-2)12(16)11-13(17)15(6,9-3)10-4;/h2-10,12-14H,1H3;11,16H,7-10H2,1-6H3;/q-1;;/b;12-11-;. The number of carbonyl (C=O) groups excluding carboxylic acids is 1. The predicted molar refractivity (Wildman–Crippen MR) is 186 cm³/mol. The van der Waals surface area contributed by atoms with Crippen LogP contribution in [0, 0.1) is 23.8 Å². The molecule has 5 nitrogen and oxygen atoms in total. The maximum Gasteiger partial charge on any atom is 0.221 e. The quantitative estimate of drug-likeness (QED) is 0.0944. The van der Waals surface area contributed by atoms with Gasteiger partial charge in [-0.25, -0.2) is 0 Å². The average Bonchev–Trinajstić information content (AvgIpc) is 3.45. The van der Waals surface area contributed by atoms with Gasteiger partial charge in [0.15, 0.2) is 5.78 Å². The number of aliphatic hydroxyl groups excluding tert-OH is 1. The summed E-state index contributed by atoms with van der Waals surface area (Å²) >= 11 is 0. The zero-order chi connectivity index (χ0) is 32.4. The number of nitrogens with zero attached hydrogens (tertiary/aromatic N) is 2. The summed E-state index contributed by atoms with van der Waals surface area (Å²) in [6, 6.07) is 28.3. The first-order valence-electron chi connectivity index (χ1n) is 16.0. The maximum absolute atomic E-state index is 12.2. The first-order valence-corrected chi connectivity index (χ1v) is 16.0. The summed E-state index contributed by atoms with van der Waals surface area (Å²) in [7, 11) is 0. The Morgan fingerprint density at radius 2 is 1.43 bits per heavy atom. The zero-order valence-corrected chi connectivity index (χ0v) is 30.2. The van der Waals surface area contributed by atoms with Crippen molar-refractivity contribution >= 4 is 49.4 Å². The molecule has 0 aliphatic rings. The fraction of sp³-hybridized carbons (Fsp3) is 0.325. The number of furan rings is 1. The van der Waals surface area contributed by atoms with Gasteiger partial charge in [0.05, 0.1) is 0 Å². The molecule has 2 heterocycles. The van der Waals surface area contributed by atoms with Crippen LogP contribution in [0.5, 0.6) is 0 Å². The Bertz CT molecular complexity index is 2030. The fourth-order valence-electron chi connectivity index (χ4n) is 5.69. The molecule has 0 saturated carbocycles. The number of allylic oxidation sites excluding steroid dienone is 2. The van der Waals surface area contributed by atoms with Gasteiger partial charge in [-0.15, -0.1) is 29.1 Å². The van der Waals surface area contributed by atoms with E-state index in [9.17, 15) is 9.90 Å². The molecule has 46 heavy (non-hydrogen) atoms. The molecule has 1 N–H and O–H groups in total. The molecule has 4 aromatic carbocycles. The SMILES string of the molecule is CCC(C)(CC)C(=O)/C=C(\O)C(C)(CC)CC.Cc1nc(-c2[c-]cc3ccccc3c2)c2c(n1)oc1ccc3ccccc3c12.[Ir]. The van der Waals surface area contributed by atoms with E-state index in [1.165, 1.54) is 16.8 Å². The van der Waals surface area contributed by atoms with Gasteiger partial charge in [-0.3, -0.25) is 9.78 Å². The molecule has 0 amide bonds. The third-order valence-electron chi connectivity index (χ3n) is 9.87. The topological polar surface area (TPSA) is 76.2 Å². The summed E-state index contributed by atoms with van der Waals surface area (Å²) < 4.78 is 6.13. The molecule has 0 aliphatic heterocycles. The van der Waals surface area contributed by atoms with Crippen LogP contribution in [0.2, 0.25) is 0 Å². The van der Waals surface area contributed by atoms with E-state index in [2.05, 4.69) is 59.6 Å². The monoisotopic (exact) mass is 792 g/mol. The molecule has 6 aromatic rings. The fourth-order valence-corrected chi connectivity index (χ4v) is 5.69. The van der Waals surface area contributed by atoms with Gasteiger partial charge in [0.1, 0.15) is 17.2 Å². The number of rotatable bonds is 8. The summed E-state index contributed by atoms with van der Waals surface area (Å²) in [4.78, 5) is 21.6. The maximum atomic E-state index is 12.2. The Morgan fingerprint density at radius 3 is 2.09 bits per heavy atom. The summed E-state index contributed by atoms with van der Waals surface area (Å²) in [6.07, 6.45) is 4.75. The van der Waals surface area contributed by atoms with Crippen molar-refractivity contribution in [3.05, 3.63) is 96.5 Å². The molecule has 0 unspecified atom stereocenters. The van der Waals surface area contributed by atoms with Crippen LogP contribution >= 0.6 is 0 Å². The van der Waals surface area contributed by atoms with Crippen molar-refractivity contribution in [3.63, 3.8) is 0 Å². The van der Waals surface area contributed by atoms with E-state index >= 15 is 0 Å². The van der Waals surface area contributed by atoms with Crippen LogP contribution in [0.25, 0.3) is 54.9 Å². The molecular weight excluding hydrogens is 749 g/mol. The number of aliphatic hydroxyl groups is 1. The Labute approximate surface area is 285 Å². The molecule has 1 radical (unpaired) electrons. The number of aryl methyl sites for hydroxylation is 1. The van der Waals surface area contributed by atoms with E-state index in [1.54, 1.807) is 0 Å². The van der Waals surface area contributed by atoms with Crippen LogP contribution in [0.15, 0.2) is 89.0 Å². The minimum absolute atomic E-state index is 0. The molecule has 0 fully saturated rings. The number of hydrogen-bond acceptors (Lipinski definition) is 5. The first-order chi connectivity index (χ1) is 21.6.